The minimum absolute atomic E-state index is 0.283. The zero-order chi connectivity index (χ0) is 15.0. The molecule has 0 aliphatic heterocycles. The van der Waals surface area contributed by atoms with Gasteiger partial charge < -0.3 is 5.11 Å². The lowest BCUT2D eigenvalue weighted by atomic mass is 9.74. The van der Waals surface area contributed by atoms with E-state index in [-0.39, 0.29) is 12.1 Å². The normalized spacial score (nSPS) is 29.4. The topological polar surface area (TPSA) is 23.5 Å². The lowest BCUT2D eigenvalue weighted by Gasteiger charge is -2.44. The third kappa shape index (κ3) is 3.02. The van der Waals surface area contributed by atoms with Crippen LogP contribution in [0.15, 0.2) is 24.3 Å². The Kier molecular flexibility index (Phi) is 4.11. The largest absolute Gasteiger partial charge is 0.387 e. The Morgan fingerprint density at radius 3 is 2.48 bits per heavy atom. The van der Waals surface area contributed by atoms with Crippen LogP contribution >= 0.6 is 0 Å². The highest BCUT2D eigenvalue weighted by Gasteiger charge is 2.36. The Morgan fingerprint density at radius 1 is 1.10 bits per heavy atom. The SMILES string of the molecule is CN(C1CCC(C)(C)CC1)C1CCc2ccccc2C1O. The average Bonchev–Trinajstić information content (AvgIpc) is 2.47. The van der Waals surface area contributed by atoms with E-state index in [0.29, 0.717) is 11.5 Å². The predicted molar refractivity (Wildman–Crippen MR) is 87.3 cm³/mol. The summed E-state index contributed by atoms with van der Waals surface area (Å²) in [4.78, 5) is 2.48. The standard InChI is InChI=1S/C19H29NO/c1-19(2)12-10-15(11-13-19)20(3)17-9-8-14-6-4-5-7-16(14)18(17)21/h4-7,15,17-18,21H,8-13H2,1-3H3. The van der Waals surface area contributed by atoms with Crippen molar-refractivity contribution in [3.05, 3.63) is 35.4 Å². The Balaban J connectivity index is 1.70. The third-order valence-electron chi connectivity index (χ3n) is 5.86. The molecule has 1 aromatic rings. The number of hydrogen-bond donors (Lipinski definition) is 1. The summed E-state index contributed by atoms with van der Waals surface area (Å²) in [5.41, 5.74) is 2.99. The second-order valence-corrected chi connectivity index (χ2v) is 7.81. The number of benzene rings is 1. The van der Waals surface area contributed by atoms with E-state index in [9.17, 15) is 5.11 Å². The van der Waals surface area contributed by atoms with Gasteiger partial charge in [-0.05, 0) is 62.1 Å². The molecule has 116 valence electrons. The molecule has 0 spiro atoms. The summed E-state index contributed by atoms with van der Waals surface area (Å²) < 4.78 is 0. The molecule has 1 N–H and O–H groups in total. The highest BCUT2D eigenvalue weighted by Crippen LogP contribution is 2.39. The van der Waals surface area contributed by atoms with E-state index < -0.39 is 0 Å². The van der Waals surface area contributed by atoms with Gasteiger partial charge in [0.2, 0.25) is 0 Å². The van der Waals surface area contributed by atoms with Crippen LogP contribution in [0.4, 0.5) is 0 Å². The average molecular weight is 287 g/mol. The van der Waals surface area contributed by atoms with E-state index >= 15 is 0 Å². The molecule has 0 radical (unpaired) electrons. The third-order valence-corrected chi connectivity index (χ3v) is 5.86. The quantitative estimate of drug-likeness (QED) is 0.890. The number of hydrogen-bond acceptors (Lipinski definition) is 2. The molecule has 1 fully saturated rings. The molecule has 0 heterocycles. The van der Waals surface area contributed by atoms with Crippen LogP contribution < -0.4 is 0 Å². The highest BCUT2D eigenvalue weighted by atomic mass is 16.3. The summed E-state index contributed by atoms with van der Waals surface area (Å²) >= 11 is 0. The molecule has 1 saturated carbocycles. The van der Waals surface area contributed by atoms with Gasteiger partial charge in [0.25, 0.3) is 0 Å². The van der Waals surface area contributed by atoms with Gasteiger partial charge in [-0.2, -0.15) is 0 Å². The number of aryl methyl sites for hydroxylation is 1. The summed E-state index contributed by atoms with van der Waals surface area (Å²) in [6, 6.07) is 9.32. The number of aliphatic hydroxyl groups is 1. The number of likely N-dealkylation sites (N-methyl/N-ethyl adjacent to an activating group) is 1. The van der Waals surface area contributed by atoms with Crippen LogP contribution in [-0.2, 0) is 6.42 Å². The van der Waals surface area contributed by atoms with Gasteiger partial charge in [0.15, 0.2) is 0 Å². The molecule has 0 amide bonds. The molecule has 21 heavy (non-hydrogen) atoms. The Morgan fingerprint density at radius 2 is 1.76 bits per heavy atom. The van der Waals surface area contributed by atoms with Gasteiger partial charge in [-0.3, -0.25) is 4.90 Å². The first-order valence-corrected chi connectivity index (χ1v) is 8.46. The van der Waals surface area contributed by atoms with Crippen LogP contribution in [0.1, 0.15) is 63.2 Å². The highest BCUT2D eigenvalue weighted by molar-refractivity contribution is 5.32. The summed E-state index contributed by atoms with van der Waals surface area (Å²) in [6.07, 6.45) is 7.01. The molecule has 0 saturated heterocycles. The summed E-state index contributed by atoms with van der Waals surface area (Å²) in [5, 5.41) is 10.8. The van der Waals surface area contributed by atoms with E-state index in [4.69, 9.17) is 0 Å². The predicted octanol–water partition coefficient (Wildman–Crippen LogP) is 3.94. The molecule has 2 unspecified atom stereocenters. The van der Waals surface area contributed by atoms with E-state index in [0.717, 1.165) is 18.4 Å². The van der Waals surface area contributed by atoms with Crippen molar-refractivity contribution < 1.29 is 5.11 Å². The van der Waals surface area contributed by atoms with Gasteiger partial charge in [-0.1, -0.05) is 38.1 Å². The maximum atomic E-state index is 10.8. The van der Waals surface area contributed by atoms with E-state index in [1.807, 2.05) is 6.07 Å². The Labute approximate surface area is 129 Å². The first-order valence-electron chi connectivity index (χ1n) is 8.46. The van der Waals surface area contributed by atoms with Crippen LogP contribution in [0.3, 0.4) is 0 Å². The van der Waals surface area contributed by atoms with Crippen molar-refractivity contribution in [3.8, 4) is 0 Å². The number of rotatable bonds is 2. The fraction of sp³-hybridized carbons (Fsp3) is 0.684. The number of fused-ring (bicyclic) bond motifs is 1. The van der Waals surface area contributed by atoms with Gasteiger partial charge in [0, 0.05) is 12.1 Å². The van der Waals surface area contributed by atoms with Crippen molar-refractivity contribution in [2.75, 3.05) is 7.05 Å². The lowest BCUT2D eigenvalue weighted by molar-refractivity contribution is 0.00864. The molecule has 0 aromatic heterocycles. The molecule has 0 bridgehead atoms. The molecular weight excluding hydrogens is 258 g/mol. The van der Waals surface area contributed by atoms with Gasteiger partial charge in [-0.25, -0.2) is 0 Å². The zero-order valence-corrected chi connectivity index (χ0v) is 13.7. The van der Waals surface area contributed by atoms with Gasteiger partial charge in [-0.15, -0.1) is 0 Å². The fourth-order valence-corrected chi connectivity index (χ4v) is 4.21. The van der Waals surface area contributed by atoms with Crippen LogP contribution in [0.2, 0.25) is 0 Å². The Hall–Kier alpha value is -0.860. The molecule has 2 atom stereocenters. The van der Waals surface area contributed by atoms with Crippen molar-refractivity contribution in [1.29, 1.82) is 0 Å². The molecule has 2 heteroatoms. The minimum atomic E-state index is -0.324. The molecule has 2 aliphatic carbocycles. The number of nitrogens with zero attached hydrogens (tertiary/aromatic N) is 1. The summed E-state index contributed by atoms with van der Waals surface area (Å²) in [6.45, 7) is 4.77. The smallest absolute Gasteiger partial charge is 0.0947 e. The van der Waals surface area contributed by atoms with Gasteiger partial charge >= 0.3 is 0 Å². The van der Waals surface area contributed by atoms with Gasteiger partial charge in [0.1, 0.15) is 0 Å². The van der Waals surface area contributed by atoms with Crippen molar-refractivity contribution in [3.63, 3.8) is 0 Å². The second-order valence-electron chi connectivity index (χ2n) is 7.81. The maximum absolute atomic E-state index is 10.8. The first-order chi connectivity index (χ1) is 9.98. The molecule has 2 aliphatic rings. The van der Waals surface area contributed by atoms with E-state index in [1.54, 1.807) is 0 Å². The Bertz CT molecular complexity index is 486. The zero-order valence-electron chi connectivity index (χ0n) is 13.7. The fourth-order valence-electron chi connectivity index (χ4n) is 4.21. The van der Waals surface area contributed by atoms with Crippen molar-refractivity contribution in [2.24, 2.45) is 5.41 Å². The summed E-state index contributed by atoms with van der Waals surface area (Å²) in [5.74, 6) is 0. The second kappa shape index (κ2) is 5.73. The maximum Gasteiger partial charge on any atom is 0.0947 e. The van der Waals surface area contributed by atoms with E-state index in [2.05, 4.69) is 44.0 Å². The molecular formula is C19H29NO. The molecule has 3 rings (SSSR count). The van der Waals surface area contributed by atoms with Crippen molar-refractivity contribution >= 4 is 0 Å². The first kappa shape index (κ1) is 15.1. The van der Waals surface area contributed by atoms with Crippen molar-refractivity contribution in [2.45, 2.75) is 70.6 Å². The van der Waals surface area contributed by atoms with Crippen LogP contribution in [0.25, 0.3) is 0 Å². The van der Waals surface area contributed by atoms with Crippen molar-refractivity contribution in [1.82, 2.24) is 4.90 Å². The summed E-state index contributed by atoms with van der Waals surface area (Å²) in [7, 11) is 2.23. The molecule has 2 nitrogen and oxygen atoms in total. The van der Waals surface area contributed by atoms with Crippen LogP contribution in [0.5, 0.6) is 0 Å². The number of aliphatic hydroxyl groups excluding tert-OH is 1. The van der Waals surface area contributed by atoms with Crippen LogP contribution in [0, 0.1) is 5.41 Å². The van der Waals surface area contributed by atoms with E-state index in [1.165, 1.54) is 31.2 Å². The molecule has 1 aromatic carbocycles. The monoisotopic (exact) mass is 287 g/mol. The minimum Gasteiger partial charge on any atom is -0.387 e. The van der Waals surface area contributed by atoms with Gasteiger partial charge in [0.05, 0.1) is 6.10 Å². The lowest BCUT2D eigenvalue weighted by Crippen LogP contribution is -2.47. The van der Waals surface area contributed by atoms with Crippen LogP contribution in [-0.4, -0.2) is 29.1 Å².